The highest BCUT2D eigenvalue weighted by atomic mass is 16.5. The Balaban J connectivity index is 2.41. The molecule has 0 spiro atoms. The van der Waals surface area contributed by atoms with Crippen LogP contribution in [0.15, 0.2) is 0 Å². The smallest absolute Gasteiger partial charge is 0.311 e. The van der Waals surface area contributed by atoms with E-state index in [1.165, 1.54) is 0 Å². The minimum atomic E-state index is -0.282. The normalized spacial score (nSPS) is 36.1. The van der Waals surface area contributed by atoms with Gasteiger partial charge in [-0.2, -0.15) is 0 Å². The van der Waals surface area contributed by atoms with Crippen LogP contribution >= 0.6 is 0 Å². The molecule has 0 aliphatic heterocycles. The lowest BCUT2D eigenvalue weighted by Gasteiger charge is -2.40. The third-order valence-corrected chi connectivity index (χ3v) is 2.19. The lowest BCUT2D eigenvalue weighted by Crippen LogP contribution is -2.49. The quantitative estimate of drug-likeness (QED) is 0.599. The fourth-order valence-electron chi connectivity index (χ4n) is 1.57. The van der Waals surface area contributed by atoms with Crippen molar-refractivity contribution < 1.29 is 9.53 Å². The van der Waals surface area contributed by atoms with Gasteiger partial charge in [-0.15, -0.1) is 0 Å². The Hall–Kier alpha value is -0.570. The average Bonchev–Trinajstić information content (AvgIpc) is 1.85. The summed E-state index contributed by atoms with van der Waals surface area (Å²) in [6.45, 7) is 4.19. The first-order valence-electron chi connectivity index (χ1n) is 4.01. The van der Waals surface area contributed by atoms with E-state index < -0.39 is 0 Å². The highest BCUT2D eigenvalue weighted by Gasteiger charge is 2.45. The second kappa shape index (κ2) is 2.81. The van der Waals surface area contributed by atoms with Gasteiger partial charge in [0.05, 0.1) is 12.0 Å². The summed E-state index contributed by atoms with van der Waals surface area (Å²) in [7, 11) is 0. The van der Waals surface area contributed by atoms with E-state index in [1.54, 1.807) is 0 Å². The Kier molecular flexibility index (Phi) is 2.18. The Labute approximate surface area is 66.9 Å². The molecule has 0 atom stereocenters. The molecule has 0 aromatic rings. The fourth-order valence-corrected chi connectivity index (χ4v) is 1.57. The van der Waals surface area contributed by atoms with Crippen molar-refractivity contribution in [3.05, 3.63) is 0 Å². The van der Waals surface area contributed by atoms with Crippen LogP contribution in [-0.4, -0.2) is 18.6 Å². The van der Waals surface area contributed by atoms with Crippen LogP contribution in [0.2, 0.25) is 0 Å². The summed E-state index contributed by atoms with van der Waals surface area (Å²) in [6, 6.07) is 0.199. The number of ether oxygens (including phenoxy) is 1. The monoisotopic (exact) mass is 157 g/mol. The highest BCUT2D eigenvalue weighted by molar-refractivity contribution is 5.77. The number of carbonyl (C=O) groups is 1. The number of hydrogen-bond acceptors (Lipinski definition) is 3. The summed E-state index contributed by atoms with van der Waals surface area (Å²) in [5.74, 6) is -0.0956. The first-order valence-corrected chi connectivity index (χ1v) is 4.01. The molecule has 3 heteroatoms. The summed E-state index contributed by atoms with van der Waals surface area (Å²) in [5, 5.41) is 0. The number of esters is 1. The Morgan fingerprint density at radius 2 is 2.27 bits per heavy atom. The van der Waals surface area contributed by atoms with Crippen molar-refractivity contribution in [1.82, 2.24) is 0 Å². The molecule has 11 heavy (non-hydrogen) atoms. The van der Waals surface area contributed by atoms with E-state index in [0.29, 0.717) is 6.61 Å². The van der Waals surface area contributed by atoms with Gasteiger partial charge in [-0.3, -0.25) is 4.79 Å². The molecular weight excluding hydrogens is 142 g/mol. The molecule has 64 valence electrons. The van der Waals surface area contributed by atoms with Gasteiger partial charge in [-0.05, 0) is 26.7 Å². The van der Waals surface area contributed by atoms with Gasteiger partial charge in [0.25, 0.3) is 0 Å². The molecule has 1 aliphatic carbocycles. The van der Waals surface area contributed by atoms with Crippen LogP contribution in [0, 0.1) is 5.41 Å². The van der Waals surface area contributed by atoms with Gasteiger partial charge in [0.1, 0.15) is 0 Å². The van der Waals surface area contributed by atoms with E-state index in [-0.39, 0.29) is 17.4 Å². The maximum absolute atomic E-state index is 11.2. The summed E-state index contributed by atoms with van der Waals surface area (Å²) < 4.78 is 4.90. The number of nitrogens with two attached hydrogens (primary N) is 1. The summed E-state index contributed by atoms with van der Waals surface area (Å²) >= 11 is 0. The van der Waals surface area contributed by atoms with Gasteiger partial charge in [0, 0.05) is 6.04 Å². The Bertz CT molecular complexity index is 161. The molecule has 0 unspecified atom stereocenters. The van der Waals surface area contributed by atoms with Crippen molar-refractivity contribution in [3.63, 3.8) is 0 Å². The van der Waals surface area contributed by atoms with E-state index in [0.717, 1.165) is 12.8 Å². The zero-order valence-corrected chi connectivity index (χ0v) is 7.09. The maximum atomic E-state index is 11.2. The van der Waals surface area contributed by atoms with Gasteiger partial charge in [0.15, 0.2) is 0 Å². The molecule has 0 radical (unpaired) electrons. The van der Waals surface area contributed by atoms with E-state index in [2.05, 4.69) is 0 Å². The van der Waals surface area contributed by atoms with Gasteiger partial charge in [0.2, 0.25) is 0 Å². The van der Waals surface area contributed by atoms with Crippen LogP contribution in [0.5, 0.6) is 0 Å². The van der Waals surface area contributed by atoms with Crippen molar-refractivity contribution in [2.75, 3.05) is 6.61 Å². The Morgan fingerprint density at radius 3 is 2.64 bits per heavy atom. The van der Waals surface area contributed by atoms with Crippen LogP contribution in [0.3, 0.4) is 0 Å². The molecule has 2 N–H and O–H groups in total. The third kappa shape index (κ3) is 1.53. The number of hydrogen-bond donors (Lipinski definition) is 1. The summed E-state index contributed by atoms with van der Waals surface area (Å²) in [4.78, 5) is 11.2. The van der Waals surface area contributed by atoms with E-state index in [1.807, 2.05) is 13.8 Å². The van der Waals surface area contributed by atoms with Crippen molar-refractivity contribution in [2.45, 2.75) is 32.7 Å². The molecule has 1 rings (SSSR count). The predicted molar refractivity (Wildman–Crippen MR) is 41.9 cm³/mol. The molecule has 0 aromatic carbocycles. The first-order chi connectivity index (χ1) is 5.08. The van der Waals surface area contributed by atoms with Crippen LogP contribution in [0.1, 0.15) is 26.7 Å². The van der Waals surface area contributed by atoms with Gasteiger partial charge in [-0.1, -0.05) is 0 Å². The van der Waals surface area contributed by atoms with Gasteiger partial charge < -0.3 is 10.5 Å². The fraction of sp³-hybridized carbons (Fsp3) is 0.875. The number of rotatable bonds is 2. The van der Waals surface area contributed by atoms with E-state index >= 15 is 0 Å². The number of carbonyl (C=O) groups excluding carboxylic acids is 1. The molecule has 1 aliphatic rings. The van der Waals surface area contributed by atoms with Gasteiger partial charge in [-0.25, -0.2) is 0 Å². The second-order valence-electron chi connectivity index (χ2n) is 3.45. The van der Waals surface area contributed by atoms with Crippen LogP contribution in [0.25, 0.3) is 0 Å². The average molecular weight is 157 g/mol. The van der Waals surface area contributed by atoms with Crippen LogP contribution in [0.4, 0.5) is 0 Å². The molecule has 0 aromatic heterocycles. The van der Waals surface area contributed by atoms with Crippen molar-refractivity contribution in [1.29, 1.82) is 0 Å². The van der Waals surface area contributed by atoms with Crippen molar-refractivity contribution >= 4 is 5.97 Å². The molecule has 0 saturated heterocycles. The van der Waals surface area contributed by atoms with E-state index in [9.17, 15) is 4.79 Å². The topological polar surface area (TPSA) is 52.3 Å². The van der Waals surface area contributed by atoms with Crippen LogP contribution in [-0.2, 0) is 9.53 Å². The van der Waals surface area contributed by atoms with Crippen molar-refractivity contribution in [3.8, 4) is 0 Å². The molecule has 1 saturated carbocycles. The molecule has 3 nitrogen and oxygen atoms in total. The highest BCUT2D eigenvalue weighted by Crippen LogP contribution is 2.40. The zero-order chi connectivity index (χ0) is 8.48. The van der Waals surface area contributed by atoms with Crippen molar-refractivity contribution in [2.24, 2.45) is 11.1 Å². The summed E-state index contributed by atoms with van der Waals surface area (Å²) in [6.07, 6.45) is 1.54. The van der Waals surface area contributed by atoms with Crippen LogP contribution < -0.4 is 5.73 Å². The lowest BCUT2D eigenvalue weighted by molar-refractivity contribution is -0.160. The third-order valence-electron chi connectivity index (χ3n) is 2.19. The largest absolute Gasteiger partial charge is 0.466 e. The predicted octanol–water partition coefficient (Wildman–Crippen LogP) is 0.677. The first kappa shape index (κ1) is 8.53. The zero-order valence-electron chi connectivity index (χ0n) is 7.09. The van der Waals surface area contributed by atoms with Gasteiger partial charge >= 0.3 is 5.97 Å². The molecular formula is C8H15NO2. The molecule has 0 bridgehead atoms. The molecule has 0 amide bonds. The lowest BCUT2D eigenvalue weighted by atomic mass is 9.67. The summed E-state index contributed by atoms with van der Waals surface area (Å²) in [5.41, 5.74) is 5.30. The maximum Gasteiger partial charge on any atom is 0.311 e. The molecule has 1 fully saturated rings. The Morgan fingerprint density at radius 1 is 1.73 bits per heavy atom. The minimum absolute atomic E-state index is 0.0956. The molecule has 0 heterocycles. The standard InChI is InChI=1S/C8H15NO2/c1-3-11-7(10)8(2)4-6(9)5-8/h6H,3-5,9H2,1-2H3/t6-,8+. The SMILES string of the molecule is CCOC(=O)[C@]1(C)C[C@H](N)C1. The second-order valence-corrected chi connectivity index (χ2v) is 3.45. The van der Waals surface area contributed by atoms with E-state index in [4.69, 9.17) is 10.5 Å². The minimum Gasteiger partial charge on any atom is -0.466 e.